The molecule has 2 unspecified atom stereocenters. The van der Waals surface area contributed by atoms with Crippen LogP contribution in [0.15, 0.2) is 42.9 Å². The van der Waals surface area contributed by atoms with E-state index in [0.717, 1.165) is 101 Å². The molecule has 0 radical (unpaired) electrons. The molecule has 6 saturated carbocycles. The van der Waals surface area contributed by atoms with Gasteiger partial charge in [0.05, 0.1) is 41.8 Å². The number of likely N-dealkylation sites (tertiary alicyclic amines) is 1. The lowest BCUT2D eigenvalue weighted by Gasteiger charge is -2.73. The monoisotopic (exact) mass is 863 g/mol. The minimum atomic E-state index is -0.473. The number of amides is 1. The molecular formula is C54H78N4O5. The average molecular weight is 863 g/mol. The maximum atomic E-state index is 15.6. The number of H-pyrrole nitrogens is 1. The molecule has 1 aliphatic heterocycles. The Kier molecular flexibility index (Phi) is 11.2. The molecule has 7 fully saturated rings. The molecule has 2 aromatic rings. The van der Waals surface area contributed by atoms with E-state index in [1.807, 2.05) is 32.3 Å². The SMILES string of the molecule is C=C(C)[C@@H]1CC[C@]2(C(=O)N3CCC[C@H]3c3ncc(-c4cccnc4)[nH]3)CC[C@]3(C)[C@H](CC[C@@H]4[C@@]5(C)CC[C@H](OC(=O)C6CC(C(=O)OCCCC)C6(C)C)C(C)(C)[C@@H]5CC[C@]43C)[C@@H]12. The Bertz CT molecular complexity index is 2090. The number of ether oxygens (including phenoxy) is 2. The number of esters is 2. The van der Waals surface area contributed by atoms with E-state index in [-0.39, 0.29) is 63.0 Å². The topological polar surface area (TPSA) is 114 Å². The number of hydrogen-bond acceptors (Lipinski definition) is 7. The zero-order chi connectivity index (χ0) is 44.9. The molecule has 9 heteroatoms. The quantitative estimate of drug-likeness (QED) is 0.144. The number of aromatic nitrogens is 3. The fraction of sp³-hybridized carbons (Fsp3) is 0.759. The van der Waals surface area contributed by atoms with Gasteiger partial charge < -0.3 is 19.4 Å². The first-order valence-electron chi connectivity index (χ1n) is 25.1. The van der Waals surface area contributed by atoms with Gasteiger partial charge >= 0.3 is 11.9 Å². The number of hydrogen-bond donors (Lipinski definition) is 1. The van der Waals surface area contributed by atoms with Crippen molar-refractivity contribution in [3.63, 3.8) is 0 Å². The zero-order valence-electron chi connectivity index (χ0n) is 40.2. The van der Waals surface area contributed by atoms with Crippen LogP contribution >= 0.6 is 0 Å². The molecule has 1 saturated heterocycles. The number of imidazole rings is 1. The summed E-state index contributed by atoms with van der Waals surface area (Å²) in [5, 5.41) is 0. The summed E-state index contributed by atoms with van der Waals surface area (Å²) >= 11 is 0. The number of allylic oxidation sites excluding steroid dienone is 1. The molecule has 344 valence electrons. The summed E-state index contributed by atoms with van der Waals surface area (Å²) < 4.78 is 12.2. The molecule has 3 heterocycles. The van der Waals surface area contributed by atoms with Crippen molar-refractivity contribution in [1.29, 1.82) is 0 Å². The first-order chi connectivity index (χ1) is 29.8. The maximum Gasteiger partial charge on any atom is 0.309 e. The number of carbonyl (C=O) groups excluding carboxylic acids is 3. The molecular weight excluding hydrogens is 785 g/mol. The number of aromatic amines is 1. The highest BCUT2D eigenvalue weighted by atomic mass is 16.5. The number of pyridine rings is 1. The standard InChI is InChI=1S/C54H78N4O5/c1-11-12-29-62-46(59)37-30-38(49(37,4)5)47(60)63-43-21-22-51(8)41(50(43,6)7)20-23-53(10)42(51)18-17-36-44-35(33(2)3)19-24-54(44,26-25-52(36,53)9)48(61)58-28-14-16-40(58)45-56-32-39(57-45)34-15-13-27-55-31-34/h13,15,27,31-32,35-38,40-44H,2,11-12,14,16-26,28-30H2,1,3-10H3,(H,56,57)/t35-,36+,37?,38?,40-,41-,42+,43-,44+,51-,52+,53+,54-/m0/s1. The maximum absolute atomic E-state index is 15.6. The summed E-state index contributed by atoms with van der Waals surface area (Å²) in [4.78, 5) is 57.5. The van der Waals surface area contributed by atoms with Gasteiger partial charge in [-0.25, -0.2) is 4.98 Å². The normalized spacial score (nSPS) is 41.0. The smallest absolute Gasteiger partial charge is 0.309 e. The van der Waals surface area contributed by atoms with E-state index in [9.17, 15) is 9.59 Å². The van der Waals surface area contributed by atoms with Crippen LogP contribution in [0.5, 0.6) is 0 Å². The molecule has 0 spiro atoms. The van der Waals surface area contributed by atoms with Crippen LogP contribution in [0, 0.1) is 73.9 Å². The van der Waals surface area contributed by atoms with Gasteiger partial charge in [0.25, 0.3) is 0 Å². The van der Waals surface area contributed by atoms with Crippen molar-refractivity contribution in [3.8, 4) is 11.3 Å². The molecule has 13 atom stereocenters. The third-order valence-corrected chi connectivity index (χ3v) is 20.7. The van der Waals surface area contributed by atoms with E-state index >= 15 is 4.79 Å². The lowest BCUT2D eigenvalue weighted by molar-refractivity contribution is -0.251. The van der Waals surface area contributed by atoms with Crippen LogP contribution in [0.1, 0.15) is 170 Å². The highest BCUT2D eigenvalue weighted by Crippen LogP contribution is 2.78. The fourth-order valence-corrected chi connectivity index (χ4v) is 16.8. The Balaban J connectivity index is 0.931. The Morgan fingerprint density at radius 2 is 1.63 bits per heavy atom. The summed E-state index contributed by atoms with van der Waals surface area (Å²) in [6.45, 7) is 27.0. The second-order valence-corrected chi connectivity index (χ2v) is 23.9. The van der Waals surface area contributed by atoms with Gasteiger partial charge in [0.15, 0.2) is 0 Å². The summed E-state index contributed by atoms with van der Waals surface area (Å²) in [6.07, 6.45) is 20.4. The third-order valence-electron chi connectivity index (χ3n) is 20.7. The zero-order valence-corrected chi connectivity index (χ0v) is 40.2. The van der Waals surface area contributed by atoms with E-state index in [4.69, 9.17) is 14.5 Å². The minimum Gasteiger partial charge on any atom is -0.465 e. The second kappa shape index (κ2) is 15.8. The van der Waals surface area contributed by atoms with E-state index in [1.165, 1.54) is 18.4 Å². The predicted octanol–water partition coefficient (Wildman–Crippen LogP) is 11.7. The molecule has 0 aromatic carbocycles. The summed E-state index contributed by atoms with van der Waals surface area (Å²) in [6, 6.07) is 3.96. The Labute approximate surface area is 378 Å². The molecule has 1 N–H and O–H groups in total. The van der Waals surface area contributed by atoms with Gasteiger partial charge in [-0.15, -0.1) is 0 Å². The summed E-state index contributed by atoms with van der Waals surface area (Å²) in [5.41, 5.74) is 2.59. The lowest BCUT2D eigenvalue weighted by atomic mass is 9.32. The van der Waals surface area contributed by atoms with Gasteiger partial charge in [0, 0.05) is 29.9 Å². The Hall–Kier alpha value is -3.49. The highest BCUT2D eigenvalue weighted by molar-refractivity contribution is 5.85. The Morgan fingerprint density at radius 1 is 0.857 bits per heavy atom. The van der Waals surface area contributed by atoms with E-state index < -0.39 is 5.41 Å². The van der Waals surface area contributed by atoms with E-state index in [2.05, 4.69) is 76.0 Å². The highest BCUT2D eigenvalue weighted by Gasteiger charge is 2.72. The molecule has 2 aromatic heterocycles. The van der Waals surface area contributed by atoms with Crippen LogP contribution in [0.2, 0.25) is 0 Å². The molecule has 63 heavy (non-hydrogen) atoms. The van der Waals surface area contributed by atoms with Crippen LogP contribution in [-0.4, -0.2) is 57.0 Å². The number of carbonyl (C=O) groups is 3. The number of rotatable bonds is 10. The largest absolute Gasteiger partial charge is 0.465 e. The first kappa shape index (κ1) is 44.7. The van der Waals surface area contributed by atoms with Crippen molar-refractivity contribution >= 4 is 17.8 Å². The van der Waals surface area contributed by atoms with E-state index in [1.54, 1.807) is 6.20 Å². The minimum absolute atomic E-state index is 0.0346. The number of nitrogens with zero attached hydrogens (tertiary/aromatic N) is 3. The van der Waals surface area contributed by atoms with Crippen LogP contribution in [0.25, 0.3) is 11.3 Å². The van der Waals surface area contributed by atoms with Gasteiger partial charge in [-0.2, -0.15) is 0 Å². The van der Waals surface area contributed by atoms with Crippen molar-refractivity contribution in [2.75, 3.05) is 13.2 Å². The van der Waals surface area contributed by atoms with Crippen LogP contribution < -0.4 is 0 Å². The van der Waals surface area contributed by atoms with Gasteiger partial charge in [-0.1, -0.05) is 74.0 Å². The Morgan fingerprint density at radius 3 is 2.35 bits per heavy atom. The van der Waals surface area contributed by atoms with Crippen molar-refractivity contribution in [3.05, 3.63) is 48.7 Å². The molecule has 9 rings (SSSR count). The predicted molar refractivity (Wildman–Crippen MR) is 246 cm³/mol. The fourth-order valence-electron chi connectivity index (χ4n) is 16.8. The molecule has 7 aliphatic rings. The van der Waals surface area contributed by atoms with Gasteiger partial charge in [0.1, 0.15) is 11.9 Å². The van der Waals surface area contributed by atoms with Crippen molar-refractivity contribution in [1.82, 2.24) is 19.9 Å². The third kappa shape index (κ3) is 6.66. The molecule has 0 bridgehead atoms. The summed E-state index contributed by atoms with van der Waals surface area (Å²) in [5.74, 6) is 2.57. The molecule has 9 nitrogen and oxygen atoms in total. The van der Waals surface area contributed by atoms with Gasteiger partial charge in [-0.05, 0) is 160 Å². The van der Waals surface area contributed by atoms with Crippen LogP contribution in [-0.2, 0) is 23.9 Å². The van der Waals surface area contributed by atoms with Gasteiger partial charge in [-0.3, -0.25) is 19.4 Å². The summed E-state index contributed by atoms with van der Waals surface area (Å²) in [7, 11) is 0. The number of unbranched alkanes of at least 4 members (excludes halogenated alkanes) is 1. The number of nitrogens with one attached hydrogen (secondary N) is 1. The van der Waals surface area contributed by atoms with Crippen LogP contribution in [0.4, 0.5) is 0 Å². The van der Waals surface area contributed by atoms with Gasteiger partial charge in [0.2, 0.25) is 5.91 Å². The van der Waals surface area contributed by atoms with E-state index in [0.29, 0.717) is 48.5 Å². The van der Waals surface area contributed by atoms with Crippen LogP contribution in [0.3, 0.4) is 0 Å². The average Bonchev–Trinajstić information content (AvgIpc) is 4.02. The second-order valence-electron chi connectivity index (χ2n) is 23.9. The van der Waals surface area contributed by atoms with Crippen molar-refractivity contribution < 1.29 is 23.9 Å². The lowest BCUT2D eigenvalue weighted by Crippen LogP contribution is -2.67. The number of fused-ring (bicyclic) bond motifs is 7. The first-order valence-corrected chi connectivity index (χ1v) is 25.1. The molecule has 1 amide bonds. The van der Waals surface area contributed by atoms with Crippen molar-refractivity contribution in [2.45, 2.75) is 171 Å². The van der Waals surface area contributed by atoms with Crippen molar-refractivity contribution in [2.24, 2.45) is 73.9 Å². The molecule has 6 aliphatic carbocycles.